The summed E-state index contributed by atoms with van der Waals surface area (Å²) >= 11 is 0. The van der Waals surface area contributed by atoms with Crippen LogP contribution in [0.1, 0.15) is 36.8 Å². The number of hydrogen-bond donors (Lipinski definition) is 0. The van der Waals surface area contributed by atoms with Crippen molar-refractivity contribution in [1.82, 2.24) is 4.90 Å². The van der Waals surface area contributed by atoms with Crippen LogP contribution in [0, 0.1) is 5.92 Å². The van der Waals surface area contributed by atoms with Crippen molar-refractivity contribution in [3.63, 3.8) is 0 Å². The van der Waals surface area contributed by atoms with E-state index < -0.39 is 0 Å². The van der Waals surface area contributed by atoms with E-state index in [1.54, 1.807) is 0 Å². The molecule has 0 unspecified atom stereocenters. The van der Waals surface area contributed by atoms with E-state index in [0.29, 0.717) is 0 Å². The van der Waals surface area contributed by atoms with Crippen molar-refractivity contribution in [3.05, 3.63) is 41.5 Å². The third-order valence-electron chi connectivity index (χ3n) is 4.43. The van der Waals surface area contributed by atoms with Crippen LogP contribution in [0.5, 0.6) is 5.75 Å². The third kappa shape index (κ3) is 3.43. The third-order valence-corrected chi connectivity index (χ3v) is 4.43. The number of allylic oxidation sites excluding steroid dienone is 1. The first-order valence-corrected chi connectivity index (χ1v) is 7.91. The van der Waals surface area contributed by atoms with Gasteiger partial charge in [0.15, 0.2) is 0 Å². The zero-order chi connectivity index (χ0) is 13.8. The molecule has 0 amide bonds. The predicted molar refractivity (Wildman–Crippen MR) is 83.1 cm³/mol. The topological polar surface area (TPSA) is 12.5 Å². The lowest BCUT2D eigenvalue weighted by molar-refractivity contribution is 0.355. The first-order valence-electron chi connectivity index (χ1n) is 7.91. The van der Waals surface area contributed by atoms with Crippen LogP contribution in [-0.4, -0.2) is 25.1 Å². The van der Waals surface area contributed by atoms with Crippen molar-refractivity contribution in [2.24, 2.45) is 5.92 Å². The highest BCUT2D eigenvalue weighted by Crippen LogP contribution is 2.27. The molecule has 1 aliphatic carbocycles. The molecule has 0 radical (unpaired) electrons. The van der Waals surface area contributed by atoms with Gasteiger partial charge in [-0.2, -0.15) is 0 Å². The Morgan fingerprint density at radius 2 is 2.15 bits per heavy atom. The van der Waals surface area contributed by atoms with Crippen LogP contribution < -0.4 is 4.74 Å². The summed E-state index contributed by atoms with van der Waals surface area (Å²) in [5, 5.41) is 0. The molecule has 1 saturated carbocycles. The highest BCUT2D eigenvalue weighted by atomic mass is 16.5. The van der Waals surface area contributed by atoms with Crippen molar-refractivity contribution < 1.29 is 4.74 Å². The van der Waals surface area contributed by atoms with Crippen LogP contribution in [-0.2, 0) is 13.0 Å². The van der Waals surface area contributed by atoms with E-state index in [0.717, 1.165) is 37.8 Å². The van der Waals surface area contributed by atoms with Gasteiger partial charge in [-0.1, -0.05) is 37.1 Å². The second kappa shape index (κ2) is 6.45. The number of benzene rings is 1. The summed E-state index contributed by atoms with van der Waals surface area (Å²) in [6, 6.07) is 6.63. The highest BCUT2D eigenvalue weighted by Gasteiger charge is 2.13. The molecule has 1 aliphatic heterocycles. The molecule has 0 atom stereocenters. The van der Waals surface area contributed by atoms with Gasteiger partial charge in [0.2, 0.25) is 0 Å². The zero-order valence-electron chi connectivity index (χ0n) is 12.5. The average molecular weight is 271 g/mol. The maximum atomic E-state index is 5.56. The van der Waals surface area contributed by atoms with Crippen molar-refractivity contribution in [3.8, 4) is 5.75 Å². The Morgan fingerprint density at radius 3 is 3.00 bits per heavy atom. The SMILES string of the molecule is CN(C/C=C/C1CCCC1)Cc1ccc2c(c1)CCO2. The number of nitrogens with zero attached hydrogens (tertiary/aromatic N) is 1. The molecule has 3 rings (SSSR count). The summed E-state index contributed by atoms with van der Waals surface area (Å²) in [6.45, 7) is 2.91. The Kier molecular flexibility index (Phi) is 4.41. The van der Waals surface area contributed by atoms with Crippen molar-refractivity contribution in [1.29, 1.82) is 0 Å². The Labute approximate surface area is 122 Å². The Balaban J connectivity index is 1.49. The van der Waals surface area contributed by atoms with E-state index in [4.69, 9.17) is 4.74 Å². The van der Waals surface area contributed by atoms with E-state index >= 15 is 0 Å². The standard InChI is InChI=1S/C18H25NO/c1-19(11-4-7-15-5-2-3-6-15)14-16-8-9-18-17(13-16)10-12-20-18/h4,7-9,13,15H,2-3,5-6,10-12,14H2,1H3/b7-4+. The molecule has 0 bridgehead atoms. The molecular formula is C18H25NO. The molecular weight excluding hydrogens is 246 g/mol. The summed E-state index contributed by atoms with van der Waals surface area (Å²) in [4.78, 5) is 2.38. The van der Waals surface area contributed by atoms with Crippen LogP contribution in [0.4, 0.5) is 0 Å². The molecule has 0 saturated heterocycles. The van der Waals surface area contributed by atoms with E-state index in [9.17, 15) is 0 Å². The second-order valence-electron chi connectivity index (χ2n) is 6.21. The smallest absolute Gasteiger partial charge is 0.122 e. The Hall–Kier alpha value is -1.28. The largest absolute Gasteiger partial charge is 0.493 e. The first-order chi connectivity index (χ1) is 9.81. The lowest BCUT2D eigenvalue weighted by atomic mass is 10.1. The van der Waals surface area contributed by atoms with Gasteiger partial charge >= 0.3 is 0 Å². The van der Waals surface area contributed by atoms with Gasteiger partial charge in [-0.3, -0.25) is 4.90 Å². The number of fused-ring (bicyclic) bond motifs is 1. The van der Waals surface area contributed by atoms with E-state index in [1.165, 1.54) is 36.8 Å². The van der Waals surface area contributed by atoms with Crippen molar-refractivity contribution >= 4 is 0 Å². The molecule has 0 spiro atoms. The maximum Gasteiger partial charge on any atom is 0.122 e. The molecule has 0 aromatic heterocycles. The van der Waals surface area contributed by atoms with Gasteiger partial charge in [0, 0.05) is 19.5 Å². The van der Waals surface area contributed by atoms with E-state index in [-0.39, 0.29) is 0 Å². The highest BCUT2D eigenvalue weighted by molar-refractivity contribution is 5.39. The van der Waals surface area contributed by atoms with Crippen LogP contribution in [0.15, 0.2) is 30.4 Å². The normalized spacial score (nSPS) is 18.9. The molecule has 0 N–H and O–H groups in total. The quantitative estimate of drug-likeness (QED) is 0.755. The minimum absolute atomic E-state index is 0.846. The zero-order valence-corrected chi connectivity index (χ0v) is 12.5. The molecule has 1 fully saturated rings. The van der Waals surface area contributed by atoms with Crippen LogP contribution in [0.2, 0.25) is 0 Å². The molecule has 2 heteroatoms. The minimum atomic E-state index is 0.846. The monoisotopic (exact) mass is 271 g/mol. The maximum absolute atomic E-state index is 5.56. The van der Waals surface area contributed by atoms with E-state index in [1.807, 2.05) is 0 Å². The van der Waals surface area contributed by atoms with Crippen molar-refractivity contribution in [2.45, 2.75) is 38.6 Å². The number of likely N-dealkylation sites (N-methyl/N-ethyl adjacent to an activating group) is 1. The van der Waals surface area contributed by atoms with Crippen molar-refractivity contribution in [2.75, 3.05) is 20.2 Å². The predicted octanol–water partition coefficient (Wildman–Crippen LogP) is 3.80. The summed E-state index contributed by atoms with van der Waals surface area (Å²) in [6.07, 6.45) is 11.5. The lowest BCUT2D eigenvalue weighted by Gasteiger charge is -2.15. The lowest BCUT2D eigenvalue weighted by Crippen LogP contribution is -2.17. The molecule has 20 heavy (non-hydrogen) atoms. The van der Waals surface area contributed by atoms with Gasteiger partial charge < -0.3 is 4.74 Å². The number of ether oxygens (including phenoxy) is 1. The van der Waals surface area contributed by atoms with Gasteiger partial charge in [-0.15, -0.1) is 0 Å². The molecule has 2 aliphatic rings. The second-order valence-corrected chi connectivity index (χ2v) is 6.21. The molecule has 2 nitrogen and oxygen atoms in total. The molecule has 108 valence electrons. The summed E-state index contributed by atoms with van der Waals surface area (Å²) in [5.74, 6) is 1.93. The molecule has 1 aromatic carbocycles. The fourth-order valence-corrected chi connectivity index (χ4v) is 3.30. The molecule has 1 heterocycles. The van der Waals surface area contributed by atoms with Gasteiger partial charge in [-0.05, 0) is 43.0 Å². The molecule has 1 aromatic rings. The average Bonchev–Trinajstić information content (AvgIpc) is 3.08. The first kappa shape index (κ1) is 13.7. The van der Waals surface area contributed by atoms with E-state index in [2.05, 4.69) is 42.3 Å². The Bertz CT molecular complexity index is 474. The minimum Gasteiger partial charge on any atom is -0.493 e. The van der Waals surface area contributed by atoms with Crippen LogP contribution >= 0.6 is 0 Å². The van der Waals surface area contributed by atoms with Gasteiger partial charge in [0.05, 0.1) is 6.61 Å². The number of rotatable bonds is 5. The number of hydrogen-bond acceptors (Lipinski definition) is 2. The fraction of sp³-hybridized carbons (Fsp3) is 0.556. The fourth-order valence-electron chi connectivity index (χ4n) is 3.30. The van der Waals surface area contributed by atoms with Crippen LogP contribution in [0.25, 0.3) is 0 Å². The summed E-state index contributed by atoms with van der Waals surface area (Å²) in [7, 11) is 2.20. The summed E-state index contributed by atoms with van der Waals surface area (Å²) in [5.41, 5.74) is 2.77. The Morgan fingerprint density at radius 1 is 1.30 bits per heavy atom. The van der Waals surface area contributed by atoms with Gasteiger partial charge in [0.25, 0.3) is 0 Å². The summed E-state index contributed by atoms with van der Waals surface area (Å²) < 4.78 is 5.56. The van der Waals surface area contributed by atoms with Crippen LogP contribution in [0.3, 0.4) is 0 Å². The van der Waals surface area contributed by atoms with Gasteiger partial charge in [-0.25, -0.2) is 0 Å². The van der Waals surface area contributed by atoms with Gasteiger partial charge in [0.1, 0.15) is 5.75 Å².